The number of likely N-dealkylation sites (tertiary alicyclic amines) is 1. The smallest absolute Gasteiger partial charge is 0.306 e. The van der Waals surface area contributed by atoms with Gasteiger partial charge in [-0.2, -0.15) is 0 Å². The van der Waals surface area contributed by atoms with E-state index in [1.165, 1.54) is 7.11 Å². The summed E-state index contributed by atoms with van der Waals surface area (Å²) in [7, 11) is -2.04. The zero-order valence-electron chi connectivity index (χ0n) is 19.5. The summed E-state index contributed by atoms with van der Waals surface area (Å²) in [5.41, 5.74) is 1.34. The average Bonchev–Trinajstić information content (AvgIpc) is 3.61. The van der Waals surface area contributed by atoms with Crippen molar-refractivity contribution in [3.8, 4) is 0 Å². The van der Waals surface area contributed by atoms with Crippen molar-refractivity contribution in [3.05, 3.63) is 51.7 Å². The molecule has 1 aromatic carbocycles. The number of carbonyl (C=O) groups excluding carboxylic acids is 1. The van der Waals surface area contributed by atoms with Gasteiger partial charge in [-0.25, -0.2) is 17.2 Å². The van der Waals surface area contributed by atoms with E-state index >= 15 is 0 Å². The fourth-order valence-corrected chi connectivity index (χ4v) is 7.33. The van der Waals surface area contributed by atoms with Gasteiger partial charge in [0.1, 0.15) is 0 Å². The molecule has 35 heavy (non-hydrogen) atoms. The van der Waals surface area contributed by atoms with Gasteiger partial charge in [0.2, 0.25) is 0 Å². The Bertz CT molecular complexity index is 1120. The number of benzene rings is 1. The van der Waals surface area contributed by atoms with Gasteiger partial charge in [0.05, 0.1) is 34.9 Å². The van der Waals surface area contributed by atoms with E-state index in [2.05, 4.69) is 0 Å². The Morgan fingerprint density at radius 1 is 1.17 bits per heavy atom. The van der Waals surface area contributed by atoms with Crippen LogP contribution in [-0.2, 0) is 19.4 Å². The monoisotopic (exact) mass is 547 g/mol. The maximum absolute atomic E-state index is 13.6. The summed E-state index contributed by atoms with van der Waals surface area (Å²) in [6.45, 7) is 0.325. The van der Waals surface area contributed by atoms with Crippen LogP contribution in [0.5, 0.6) is 0 Å². The SMILES string of the molecule is COC(=O)CC(c1ccc(S(=O)(=O)CC2CC2)cc1)C1C=C(Cl)C(N2CCC(F)(F)CC2)=C(Cl)C1. The van der Waals surface area contributed by atoms with Crippen molar-refractivity contribution in [2.24, 2.45) is 11.8 Å². The van der Waals surface area contributed by atoms with Crippen molar-refractivity contribution < 1.29 is 26.7 Å². The van der Waals surface area contributed by atoms with Crippen LogP contribution in [0.4, 0.5) is 8.78 Å². The lowest BCUT2D eigenvalue weighted by atomic mass is 9.79. The van der Waals surface area contributed by atoms with Gasteiger partial charge in [-0.15, -0.1) is 0 Å². The predicted molar refractivity (Wildman–Crippen MR) is 131 cm³/mol. The van der Waals surface area contributed by atoms with E-state index in [-0.39, 0.29) is 60.8 Å². The number of piperidine rings is 1. The van der Waals surface area contributed by atoms with Crippen LogP contribution < -0.4 is 0 Å². The van der Waals surface area contributed by atoms with Crippen molar-refractivity contribution >= 4 is 39.0 Å². The molecule has 2 atom stereocenters. The normalized spacial score (nSPS) is 23.6. The number of sulfone groups is 1. The Morgan fingerprint density at radius 3 is 2.34 bits per heavy atom. The maximum Gasteiger partial charge on any atom is 0.306 e. The number of halogens is 4. The fraction of sp³-hybridized carbons (Fsp3) is 0.560. The third-order valence-electron chi connectivity index (χ3n) is 7.02. The first-order valence-corrected chi connectivity index (χ1v) is 14.2. The van der Waals surface area contributed by atoms with E-state index in [1.54, 1.807) is 29.2 Å². The molecule has 1 aliphatic heterocycles. The molecule has 0 amide bonds. The summed E-state index contributed by atoms with van der Waals surface area (Å²) >= 11 is 13.3. The third-order valence-corrected chi connectivity index (χ3v) is 9.56. The lowest BCUT2D eigenvalue weighted by molar-refractivity contribution is -0.141. The molecule has 4 rings (SSSR count). The number of esters is 1. The van der Waals surface area contributed by atoms with Crippen LogP contribution in [0.25, 0.3) is 0 Å². The van der Waals surface area contributed by atoms with Crippen LogP contribution >= 0.6 is 23.2 Å². The molecule has 192 valence electrons. The molecule has 3 aliphatic rings. The second-order valence-corrected chi connectivity index (χ2v) is 12.6. The molecule has 2 unspecified atom stereocenters. The van der Waals surface area contributed by atoms with Gasteiger partial charge in [-0.3, -0.25) is 4.79 Å². The fourth-order valence-electron chi connectivity index (χ4n) is 4.79. The van der Waals surface area contributed by atoms with Gasteiger partial charge in [0, 0.05) is 36.9 Å². The summed E-state index contributed by atoms with van der Waals surface area (Å²) in [6.07, 6.45) is 3.65. The van der Waals surface area contributed by atoms with Crippen molar-refractivity contribution in [1.29, 1.82) is 0 Å². The summed E-state index contributed by atoms with van der Waals surface area (Å²) in [6, 6.07) is 6.63. The number of allylic oxidation sites excluding steroid dienone is 3. The lowest BCUT2D eigenvalue weighted by Gasteiger charge is -2.38. The molecule has 0 aromatic heterocycles. The number of alkyl halides is 2. The topological polar surface area (TPSA) is 63.7 Å². The zero-order valence-corrected chi connectivity index (χ0v) is 21.8. The van der Waals surface area contributed by atoms with Gasteiger partial charge in [-0.1, -0.05) is 41.4 Å². The van der Waals surface area contributed by atoms with Crippen molar-refractivity contribution in [2.45, 2.75) is 55.3 Å². The molecule has 0 N–H and O–H groups in total. The number of ether oxygens (including phenoxy) is 1. The Hall–Kier alpha value is -1.64. The number of rotatable bonds is 8. The second kappa shape index (κ2) is 10.4. The van der Waals surface area contributed by atoms with Gasteiger partial charge >= 0.3 is 5.97 Å². The molecule has 0 bridgehead atoms. The molecule has 2 aliphatic carbocycles. The highest BCUT2D eigenvalue weighted by molar-refractivity contribution is 7.91. The average molecular weight is 548 g/mol. The maximum atomic E-state index is 13.6. The van der Waals surface area contributed by atoms with E-state index < -0.39 is 21.7 Å². The molecule has 1 aromatic rings. The Morgan fingerprint density at radius 2 is 1.80 bits per heavy atom. The standard InChI is InChI=1S/C25H29Cl2F2NO4S/c1-34-23(31)14-20(17-4-6-19(7-5-17)35(32,33)15-16-2-3-16)18-12-21(26)24(22(27)13-18)30-10-8-25(28,29)9-11-30/h4-7,12,16,18,20H,2-3,8-11,13-15H2,1H3. The number of carbonyl (C=O) groups is 1. The first kappa shape index (κ1) is 26.4. The Balaban J connectivity index is 1.56. The number of hydrogen-bond acceptors (Lipinski definition) is 5. The van der Waals surface area contributed by atoms with Crippen LogP contribution in [-0.4, -0.2) is 51.2 Å². The number of nitrogens with zero attached hydrogens (tertiary/aromatic N) is 1. The van der Waals surface area contributed by atoms with Crippen LogP contribution in [0.3, 0.4) is 0 Å². The first-order valence-electron chi connectivity index (χ1n) is 11.8. The number of methoxy groups -OCH3 is 1. The van der Waals surface area contributed by atoms with Crippen LogP contribution in [0.2, 0.25) is 0 Å². The first-order chi connectivity index (χ1) is 16.5. The van der Waals surface area contributed by atoms with Crippen LogP contribution in [0, 0.1) is 11.8 Å². The van der Waals surface area contributed by atoms with Crippen LogP contribution in [0.1, 0.15) is 50.0 Å². The van der Waals surface area contributed by atoms with E-state index in [1.807, 2.05) is 6.08 Å². The quantitative estimate of drug-likeness (QED) is 0.382. The molecule has 10 heteroatoms. The van der Waals surface area contributed by atoms with Crippen molar-refractivity contribution in [3.63, 3.8) is 0 Å². The van der Waals surface area contributed by atoms with E-state index in [9.17, 15) is 22.0 Å². The van der Waals surface area contributed by atoms with Gasteiger partial charge in [0.25, 0.3) is 5.92 Å². The summed E-state index contributed by atoms with van der Waals surface area (Å²) in [4.78, 5) is 14.3. The largest absolute Gasteiger partial charge is 0.469 e. The summed E-state index contributed by atoms with van der Waals surface area (Å²) in [5, 5.41) is 0.834. The van der Waals surface area contributed by atoms with Gasteiger partial charge in [-0.05, 0) is 48.8 Å². The highest BCUT2D eigenvalue weighted by Gasteiger charge is 2.38. The molecule has 2 fully saturated rings. The highest BCUT2D eigenvalue weighted by atomic mass is 35.5. The molecule has 5 nitrogen and oxygen atoms in total. The summed E-state index contributed by atoms with van der Waals surface area (Å²) < 4.78 is 57.4. The summed E-state index contributed by atoms with van der Waals surface area (Å²) in [5.74, 6) is -3.29. The van der Waals surface area contributed by atoms with Crippen molar-refractivity contribution in [2.75, 3.05) is 26.0 Å². The van der Waals surface area contributed by atoms with E-state index in [0.29, 0.717) is 22.2 Å². The number of hydrogen-bond donors (Lipinski definition) is 0. The third kappa shape index (κ3) is 6.38. The van der Waals surface area contributed by atoms with E-state index in [0.717, 1.165) is 18.4 Å². The van der Waals surface area contributed by atoms with Crippen LogP contribution in [0.15, 0.2) is 51.0 Å². The van der Waals surface area contributed by atoms with E-state index in [4.69, 9.17) is 27.9 Å². The Labute approximate surface area is 215 Å². The lowest BCUT2D eigenvalue weighted by Crippen LogP contribution is -2.39. The minimum absolute atomic E-state index is 0.0610. The molecular formula is C25H29Cl2F2NO4S. The molecule has 1 heterocycles. The molecular weight excluding hydrogens is 519 g/mol. The molecule has 1 saturated heterocycles. The molecule has 0 spiro atoms. The van der Waals surface area contributed by atoms with Crippen molar-refractivity contribution in [1.82, 2.24) is 4.90 Å². The van der Waals surface area contributed by atoms with Gasteiger partial charge in [0.15, 0.2) is 9.84 Å². The van der Waals surface area contributed by atoms with Gasteiger partial charge < -0.3 is 9.64 Å². The minimum Gasteiger partial charge on any atom is -0.469 e. The zero-order chi connectivity index (χ0) is 25.4. The Kier molecular flexibility index (Phi) is 7.84. The molecule has 0 radical (unpaired) electrons. The molecule has 1 saturated carbocycles. The minimum atomic E-state index is -3.35. The predicted octanol–water partition coefficient (Wildman–Crippen LogP) is 5.84. The second-order valence-electron chi connectivity index (χ2n) is 9.66. The highest BCUT2D eigenvalue weighted by Crippen LogP contribution is 2.44.